The van der Waals surface area contributed by atoms with E-state index < -0.39 is 4.92 Å². The van der Waals surface area contributed by atoms with Gasteiger partial charge in [0.1, 0.15) is 5.82 Å². The fourth-order valence-electron chi connectivity index (χ4n) is 2.01. The zero-order valence-electron chi connectivity index (χ0n) is 11.0. The molecule has 2 aromatic rings. The van der Waals surface area contributed by atoms with E-state index >= 15 is 0 Å². The van der Waals surface area contributed by atoms with E-state index in [2.05, 4.69) is 5.32 Å². The van der Waals surface area contributed by atoms with Crippen LogP contribution in [0, 0.1) is 15.9 Å². The summed E-state index contributed by atoms with van der Waals surface area (Å²) in [5.74, 6) is -0.218. The Morgan fingerprint density at radius 1 is 1.20 bits per heavy atom. The highest BCUT2D eigenvalue weighted by molar-refractivity contribution is 5.49. The van der Waals surface area contributed by atoms with Gasteiger partial charge in [0.05, 0.1) is 4.92 Å². The number of non-ortho nitro benzene ring substituents is 1. The molecule has 2 aromatic carbocycles. The smallest absolute Gasteiger partial charge is 0.269 e. The van der Waals surface area contributed by atoms with E-state index in [0.29, 0.717) is 12.0 Å². The van der Waals surface area contributed by atoms with Crippen LogP contribution in [0.25, 0.3) is 0 Å². The molecular weight excluding hydrogens is 259 g/mol. The van der Waals surface area contributed by atoms with Gasteiger partial charge in [0.25, 0.3) is 5.69 Å². The van der Waals surface area contributed by atoms with E-state index in [-0.39, 0.29) is 17.5 Å². The molecular formula is C15H15FN2O2. The molecule has 104 valence electrons. The molecule has 0 aliphatic heterocycles. The molecule has 2 rings (SSSR count). The summed E-state index contributed by atoms with van der Waals surface area (Å²) in [5.41, 5.74) is 1.48. The Bertz CT molecular complexity index is 599. The summed E-state index contributed by atoms with van der Waals surface area (Å²) in [6.45, 7) is 1.94. The quantitative estimate of drug-likeness (QED) is 0.667. The van der Waals surface area contributed by atoms with E-state index in [4.69, 9.17) is 0 Å². The minimum Gasteiger partial charge on any atom is -0.382 e. The Morgan fingerprint density at radius 2 is 1.85 bits per heavy atom. The molecule has 1 atom stereocenters. The summed E-state index contributed by atoms with van der Waals surface area (Å²) in [6.07, 6.45) is 0.545. The second-order valence-corrected chi connectivity index (χ2v) is 4.64. The molecule has 0 radical (unpaired) electrons. The number of nitro benzene ring substituents is 1. The third-order valence-electron chi connectivity index (χ3n) is 2.98. The molecule has 20 heavy (non-hydrogen) atoms. The molecule has 0 amide bonds. The maximum absolute atomic E-state index is 13.5. The first-order chi connectivity index (χ1) is 9.56. The highest BCUT2D eigenvalue weighted by Gasteiger charge is 2.09. The summed E-state index contributed by atoms with van der Waals surface area (Å²) in [4.78, 5) is 10.1. The monoisotopic (exact) mass is 274 g/mol. The Morgan fingerprint density at radius 3 is 2.45 bits per heavy atom. The number of nitrogens with one attached hydrogen (secondary N) is 1. The van der Waals surface area contributed by atoms with Crippen molar-refractivity contribution < 1.29 is 9.31 Å². The maximum Gasteiger partial charge on any atom is 0.269 e. The number of benzene rings is 2. The predicted molar refractivity (Wildman–Crippen MR) is 76.3 cm³/mol. The van der Waals surface area contributed by atoms with E-state index in [0.717, 1.165) is 5.69 Å². The lowest BCUT2D eigenvalue weighted by Crippen LogP contribution is -2.18. The van der Waals surface area contributed by atoms with Crippen LogP contribution in [0.3, 0.4) is 0 Å². The highest BCUT2D eigenvalue weighted by Crippen LogP contribution is 2.17. The van der Waals surface area contributed by atoms with Gasteiger partial charge in [-0.05, 0) is 37.1 Å². The number of nitrogens with zero attached hydrogens (tertiary/aromatic N) is 1. The van der Waals surface area contributed by atoms with E-state index in [9.17, 15) is 14.5 Å². The summed E-state index contributed by atoms with van der Waals surface area (Å²) in [5, 5.41) is 13.8. The molecule has 0 spiro atoms. The van der Waals surface area contributed by atoms with Crippen LogP contribution in [-0.2, 0) is 6.42 Å². The standard InChI is InChI=1S/C15H15FN2O2/c1-11(10-12-4-2-3-5-15(12)16)17-13-6-8-14(9-7-13)18(19)20/h2-9,11,17H,10H2,1H3. The van der Waals surface area contributed by atoms with Crippen LogP contribution in [0.1, 0.15) is 12.5 Å². The van der Waals surface area contributed by atoms with Crippen molar-refractivity contribution in [1.29, 1.82) is 0 Å². The first-order valence-electron chi connectivity index (χ1n) is 6.30. The number of hydrogen-bond donors (Lipinski definition) is 1. The van der Waals surface area contributed by atoms with Crippen LogP contribution < -0.4 is 5.32 Å². The summed E-state index contributed by atoms with van der Waals surface area (Å²) in [7, 11) is 0. The molecule has 0 saturated heterocycles. The molecule has 0 aromatic heterocycles. The predicted octanol–water partition coefficient (Wildman–Crippen LogP) is 3.78. The van der Waals surface area contributed by atoms with Gasteiger partial charge in [-0.15, -0.1) is 0 Å². The third-order valence-corrected chi connectivity index (χ3v) is 2.98. The first-order valence-corrected chi connectivity index (χ1v) is 6.30. The second kappa shape index (κ2) is 6.14. The Labute approximate surface area is 116 Å². The molecule has 0 heterocycles. The van der Waals surface area contributed by atoms with Gasteiger partial charge >= 0.3 is 0 Å². The lowest BCUT2D eigenvalue weighted by Gasteiger charge is -2.15. The zero-order chi connectivity index (χ0) is 14.5. The van der Waals surface area contributed by atoms with Crippen LogP contribution in [0.2, 0.25) is 0 Å². The summed E-state index contributed by atoms with van der Waals surface area (Å²) in [6, 6.07) is 12.9. The minimum absolute atomic E-state index is 0.0216. The fourth-order valence-corrected chi connectivity index (χ4v) is 2.01. The third kappa shape index (κ3) is 3.54. The van der Waals surface area contributed by atoms with Gasteiger partial charge in [-0.3, -0.25) is 10.1 Å². The van der Waals surface area contributed by atoms with Gasteiger partial charge in [-0.1, -0.05) is 18.2 Å². The first kappa shape index (κ1) is 14.0. The van der Waals surface area contributed by atoms with Gasteiger partial charge in [0.15, 0.2) is 0 Å². The van der Waals surface area contributed by atoms with Crippen LogP contribution >= 0.6 is 0 Å². The highest BCUT2D eigenvalue weighted by atomic mass is 19.1. The van der Waals surface area contributed by atoms with Crippen molar-refractivity contribution in [2.24, 2.45) is 0 Å². The molecule has 0 fully saturated rings. The van der Waals surface area contributed by atoms with Gasteiger partial charge in [-0.25, -0.2) is 4.39 Å². The van der Waals surface area contributed by atoms with Crippen LogP contribution in [0.5, 0.6) is 0 Å². The molecule has 0 aliphatic rings. The van der Waals surface area contributed by atoms with Crippen LogP contribution in [-0.4, -0.2) is 11.0 Å². The van der Waals surface area contributed by atoms with Crippen molar-refractivity contribution in [2.45, 2.75) is 19.4 Å². The van der Waals surface area contributed by atoms with Crippen LogP contribution in [0.15, 0.2) is 48.5 Å². The summed E-state index contributed by atoms with van der Waals surface area (Å²) >= 11 is 0. The van der Waals surface area contributed by atoms with E-state index in [1.54, 1.807) is 30.3 Å². The van der Waals surface area contributed by atoms with Gasteiger partial charge in [-0.2, -0.15) is 0 Å². The average molecular weight is 274 g/mol. The van der Waals surface area contributed by atoms with Crippen molar-refractivity contribution in [3.8, 4) is 0 Å². The number of anilines is 1. The second-order valence-electron chi connectivity index (χ2n) is 4.64. The van der Waals surface area contributed by atoms with Crippen molar-refractivity contribution in [2.75, 3.05) is 5.32 Å². The number of rotatable bonds is 5. The van der Waals surface area contributed by atoms with Crippen molar-refractivity contribution in [3.63, 3.8) is 0 Å². The molecule has 1 unspecified atom stereocenters. The number of hydrogen-bond acceptors (Lipinski definition) is 3. The van der Waals surface area contributed by atoms with Crippen LogP contribution in [0.4, 0.5) is 15.8 Å². The van der Waals surface area contributed by atoms with Gasteiger partial charge in [0.2, 0.25) is 0 Å². The van der Waals surface area contributed by atoms with E-state index in [1.165, 1.54) is 18.2 Å². The lowest BCUT2D eigenvalue weighted by atomic mass is 10.1. The Balaban J connectivity index is 1.99. The molecule has 0 bridgehead atoms. The molecule has 0 aliphatic carbocycles. The SMILES string of the molecule is CC(Cc1ccccc1F)Nc1ccc([N+](=O)[O-])cc1. The summed E-state index contributed by atoms with van der Waals surface area (Å²) < 4.78 is 13.5. The Hall–Kier alpha value is -2.43. The van der Waals surface area contributed by atoms with Gasteiger partial charge in [0, 0.05) is 23.9 Å². The van der Waals surface area contributed by atoms with Crippen molar-refractivity contribution in [1.82, 2.24) is 0 Å². The topological polar surface area (TPSA) is 55.2 Å². The van der Waals surface area contributed by atoms with Crippen molar-refractivity contribution in [3.05, 3.63) is 70.0 Å². The maximum atomic E-state index is 13.5. The lowest BCUT2D eigenvalue weighted by molar-refractivity contribution is -0.384. The van der Waals surface area contributed by atoms with Crippen molar-refractivity contribution >= 4 is 11.4 Å². The normalized spacial score (nSPS) is 11.9. The van der Waals surface area contributed by atoms with Gasteiger partial charge < -0.3 is 5.32 Å². The van der Waals surface area contributed by atoms with E-state index in [1.807, 2.05) is 6.92 Å². The largest absolute Gasteiger partial charge is 0.382 e. The minimum atomic E-state index is -0.438. The Kier molecular flexibility index (Phi) is 4.30. The average Bonchev–Trinajstić information content (AvgIpc) is 2.42. The molecule has 0 saturated carbocycles. The number of halogens is 1. The zero-order valence-corrected chi connectivity index (χ0v) is 11.0. The fraction of sp³-hybridized carbons (Fsp3) is 0.200. The molecule has 5 heteroatoms. The molecule has 4 nitrogen and oxygen atoms in total. The number of nitro groups is 1. The molecule has 1 N–H and O–H groups in total.